The maximum absolute atomic E-state index is 8.47. The van der Waals surface area contributed by atoms with Gasteiger partial charge in [0, 0.05) is 11.3 Å². The van der Waals surface area contributed by atoms with Gasteiger partial charge >= 0.3 is 0 Å². The van der Waals surface area contributed by atoms with Gasteiger partial charge < -0.3 is 0 Å². The van der Waals surface area contributed by atoms with Gasteiger partial charge in [-0.25, -0.2) is 0 Å². The van der Waals surface area contributed by atoms with Gasteiger partial charge in [0.1, 0.15) is 0 Å². The minimum Gasteiger partial charge on any atom is -0.198 e. The zero-order valence-electron chi connectivity index (χ0n) is 5.89. The van der Waals surface area contributed by atoms with Crippen LogP contribution in [-0.4, -0.2) is 5.38 Å². The molecule has 2 atom stereocenters. The molecular formula is C7H12ClN. The maximum Gasteiger partial charge on any atom is 0.0656 e. The Kier molecular flexibility index (Phi) is 4.53. The number of rotatable bonds is 3. The molecule has 0 bridgehead atoms. The molecule has 0 heterocycles. The molecule has 2 heteroatoms. The highest BCUT2D eigenvalue weighted by Gasteiger charge is 2.06. The lowest BCUT2D eigenvalue weighted by atomic mass is 10.0. The summed E-state index contributed by atoms with van der Waals surface area (Å²) in [6.45, 7) is 3.93. The SMILES string of the molecule is CCC(C#N)CC(C)Cl. The van der Waals surface area contributed by atoms with Gasteiger partial charge in [-0.15, -0.1) is 11.6 Å². The van der Waals surface area contributed by atoms with E-state index in [2.05, 4.69) is 6.07 Å². The summed E-state index contributed by atoms with van der Waals surface area (Å²) in [5.74, 6) is 0.150. The lowest BCUT2D eigenvalue weighted by molar-refractivity contribution is 0.579. The van der Waals surface area contributed by atoms with E-state index in [9.17, 15) is 0 Å². The molecule has 0 spiro atoms. The fourth-order valence-electron chi connectivity index (χ4n) is 0.703. The molecule has 0 aromatic heterocycles. The van der Waals surface area contributed by atoms with Crippen LogP contribution >= 0.6 is 11.6 Å². The Morgan fingerprint density at radius 1 is 1.67 bits per heavy atom. The van der Waals surface area contributed by atoms with E-state index < -0.39 is 0 Å². The Balaban J connectivity index is 3.47. The Bertz CT molecular complexity index is 104. The predicted octanol–water partition coefficient (Wildman–Crippen LogP) is 2.55. The van der Waals surface area contributed by atoms with E-state index in [1.165, 1.54) is 0 Å². The van der Waals surface area contributed by atoms with Crippen LogP contribution in [0.2, 0.25) is 0 Å². The lowest BCUT2D eigenvalue weighted by Crippen LogP contribution is -2.01. The second-order valence-corrected chi connectivity index (χ2v) is 3.00. The molecule has 0 aliphatic rings. The monoisotopic (exact) mass is 145 g/mol. The lowest BCUT2D eigenvalue weighted by Gasteiger charge is -2.05. The number of hydrogen-bond donors (Lipinski definition) is 0. The summed E-state index contributed by atoms with van der Waals surface area (Å²) < 4.78 is 0. The highest BCUT2D eigenvalue weighted by molar-refractivity contribution is 6.20. The summed E-state index contributed by atoms with van der Waals surface area (Å²) in [4.78, 5) is 0. The van der Waals surface area contributed by atoms with Crippen molar-refractivity contribution in [3.05, 3.63) is 0 Å². The second-order valence-electron chi connectivity index (χ2n) is 2.25. The van der Waals surface area contributed by atoms with Gasteiger partial charge in [0.15, 0.2) is 0 Å². The minimum atomic E-state index is 0.134. The fourth-order valence-corrected chi connectivity index (χ4v) is 0.918. The molecular weight excluding hydrogens is 134 g/mol. The molecule has 0 N–H and O–H groups in total. The van der Waals surface area contributed by atoms with E-state index in [0.717, 1.165) is 12.8 Å². The molecule has 0 radical (unpaired) electrons. The molecule has 9 heavy (non-hydrogen) atoms. The number of nitrogens with zero attached hydrogens (tertiary/aromatic N) is 1. The van der Waals surface area contributed by atoms with Crippen LogP contribution in [0.25, 0.3) is 0 Å². The van der Waals surface area contributed by atoms with Crippen molar-refractivity contribution in [3.63, 3.8) is 0 Å². The van der Waals surface area contributed by atoms with E-state index in [0.29, 0.717) is 0 Å². The first-order chi connectivity index (χ1) is 4.20. The van der Waals surface area contributed by atoms with Gasteiger partial charge in [0.2, 0.25) is 0 Å². The van der Waals surface area contributed by atoms with Gasteiger partial charge in [0.05, 0.1) is 6.07 Å². The first kappa shape index (κ1) is 8.78. The van der Waals surface area contributed by atoms with Gasteiger partial charge in [-0.1, -0.05) is 6.92 Å². The van der Waals surface area contributed by atoms with Crippen molar-refractivity contribution in [2.75, 3.05) is 0 Å². The van der Waals surface area contributed by atoms with Gasteiger partial charge in [0.25, 0.3) is 0 Å². The van der Waals surface area contributed by atoms with Crippen LogP contribution in [0.1, 0.15) is 26.7 Å². The maximum atomic E-state index is 8.47. The first-order valence-corrected chi connectivity index (χ1v) is 3.68. The van der Waals surface area contributed by atoms with E-state index in [4.69, 9.17) is 16.9 Å². The normalized spacial score (nSPS) is 16.2. The minimum absolute atomic E-state index is 0.134. The van der Waals surface area contributed by atoms with Crippen LogP contribution in [-0.2, 0) is 0 Å². The van der Waals surface area contributed by atoms with Crippen molar-refractivity contribution in [3.8, 4) is 6.07 Å². The van der Waals surface area contributed by atoms with Crippen molar-refractivity contribution in [1.29, 1.82) is 5.26 Å². The van der Waals surface area contributed by atoms with Crippen LogP contribution in [0, 0.1) is 17.2 Å². The number of halogens is 1. The first-order valence-electron chi connectivity index (χ1n) is 3.24. The molecule has 0 saturated carbocycles. The Hall–Kier alpha value is -0.220. The third-order valence-corrected chi connectivity index (χ3v) is 1.46. The largest absolute Gasteiger partial charge is 0.198 e. The number of alkyl halides is 1. The summed E-state index contributed by atoms with van der Waals surface area (Å²) in [6.07, 6.45) is 1.72. The molecule has 0 aromatic carbocycles. The Labute approximate surface area is 61.6 Å². The summed E-state index contributed by atoms with van der Waals surface area (Å²) in [6, 6.07) is 2.20. The predicted molar refractivity (Wildman–Crippen MR) is 39.3 cm³/mol. The van der Waals surface area contributed by atoms with Crippen LogP contribution in [0.3, 0.4) is 0 Å². The van der Waals surface area contributed by atoms with Crippen LogP contribution < -0.4 is 0 Å². The van der Waals surface area contributed by atoms with Gasteiger partial charge in [-0.3, -0.25) is 0 Å². The number of hydrogen-bond acceptors (Lipinski definition) is 1. The molecule has 0 aromatic rings. The van der Waals surface area contributed by atoms with E-state index in [-0.39, 0.29) is 11.3 Å². The average molecular weight is 146 g/mol. The van der Waals surface area contributed by atoms with Crippen LogP contribution in [0.15, 0.2) is 0 Å². The number of nitriles is 1. The zero-order chi connectivity index (χ0) is 7.28. The topological polar surface area (TPSA) is 23.8 Å². The van der Waals surface area contributed by atoms with Crippen molar-refractivity contribution in [1.82, 2.24) is 0 Å². The quantitative estimate of drug-likeness (QED) is 0.560. The summed E-state index contributed by atoms with van der Waals surface area (Å²) in [5.41, 5.74) is 0. The van der Waals surface area contributed by atoms with E-state index in [1.807, 2.05) is 13.8 Å². The van der Waals surface area contributed by atoms with Crippen LogP contribution in [0.5, 0.6) is 0 Å². The Morgan fingerprint density at radius 2 is 2.22 bits per heavy atom. The van der Waals surface area contributed by atoms with Gasteiger partial charge in [-0.2, -0.15) is 5.26 Å². The Morgan fingerprint density at radius 3 is 2.33 bits per heavy atom. The summed E-state index contributed by atoms with van der Waals surface area (Å²) >= 11 is 5.68. The molecule has 0 saturated heterocycles. The highest BCUT2D eigenvalue weighted by Crippen LogP contribution is 2.12. The highest BCUT2D eigenvalue weighted by atomic mass is 35.5. The second kappa shape index (κ2) is 4.64. The molecule has 0 aliphatic carbocycles. The molecule has 0 aliphatic heterocycles. The third kappa shape index (κ3) is 4.29. The van der Waals surface area contributed by atoms with Crippen molar-refractivity contribution in [2.24, 2.45) is 5.92 Å². The zero-order valence-corrected chi connectivity index (χ0v) is 6.65. The standard InChI is InChI=1S/C7H12ClN/c1-3-7(5-9)4-6(2)8/h6-7H,3-4H2,1-2H3. The molecule has 1 nitrogen and oxygen atoms in total. The summed E-state index contributed by atoms with van der Waals surface area (Å²) in [7, 11) is 0. The average Bonchev–Trinajstić information content (AvgIpc) is 1.82. The fraction of sp³-hybridized carbons (Fsp3) is 0.857. The smallest absolute Gasteiger partial charge is 0.0656 e. The van der Waals surface area contributed by atoms with Gasteiger partial charge in [-0.05, 0) is 19.8 Å². The third-order valence-electron chi connectivity index (χ3n) is 1.28. The van der Waals surface area contributed by atoms with Crippen LogP contribution in [0.4, 0.5) is 0 Å². The van der Waals surface area contributed by atoms with Crippen molar-refractivity contribution >= 4 is 11.6 Å². The van der Waals surface area contributed by atoms with E-state index in [1.54, 1.807) is 0 Å². The van der Waals surface area contributed by atoms with Crippen molar-refractivity contribution < 1.29 is 0 Å². The molecule has 0 rings (SSSR count). The van der Waals surface area contributed by atoms with E-state index >= 15 is 0 Å². The molecule has 2 unspecified atom stereocenters. The molecule has 0 amide bonds. The summed E-state index contributed by atoms with van der Waals surface area (Å²) in [5, 5.41) is 8.60. The molecule has 0 fully saturated rings. The molecule has 52 valence electrons. The van der Waals surface area contributed by atoms with Crippen molar-refractivity contribution in [2.45, 2.75) is 32.1 Å².